The number of ether oxygens (including phenoxy) is 1. The first-order valence-electron chi connectivity index (χ1n) is 4.49. The minimum atomic E-state index is 0. The molecule has 0 saturated carbocycles. The van der Waals surface area contributed by atoms with Crippen LogP contribution in [0.3, 0.4) is 0 Å². The van der Waals surface area contributed by atoms with E-state index in [-0.39, 0.29) is 12.4 Å². The summed E-state index contributed by atoms with van der Waals surface area (Å²) in [5.74, 6) is 1.00. The van der Waals surface area contributed by atoms with E-state index in [0.717, 1.165) is 18.9 Å². The third-order valence-corrected chi connectivity index (χ3v) is 2.45. The maximum Gasteiger partial charge on any atom is 0.255 e. The lowest BCUT2D eigenvalue weighted by Crippen LogP contribution is -3.00. The van der Waals surface area contributed by atoms with Gasteiger partial charge >= 0.3 is 0 Å². The van der Waals surface area contributed by atoms with Gasteiger partial charge in [0.1, 0.15) is 6.61 Å². The minimum absolute atomic E-state index is 0. The monoisotopic (exact) mass is 207 g/mol. The quantitative estimate of drug-likeness (QED) is 0.481. The molecular weight excluding hydrogens is 198 g/mol. The largest absolute Gasteiger partial charge is 1.00 e. The fraction of sp³-hybridized carbons (Fsp3) is 0.182. The summed E-state index contributed by atoms with van der Waals surface area (Å²) in [7, 11) is 0. The van der Waals surface area contributed by atoms with Crippen molar-refractivity contribution in [1.29, 1.82) is 0 Å². The molecule has 0 unspecified atom stereocenters. The van der Waals surface area contributed by atoms with Crippen molar-refractivity contribution in [3.05, 3.63) is 36.5 Å². The van der Waals surface area contributed by atoms with Crippen molar-refractivity contribution in [1.82, 2.24) is 0 Å². The van der Waals surface area contributed by atoms with E-state index in [1.54, 1.807) is 0 Å². The molecule has 0 amide bonds. The van der Waals surface area contributed by atoms with Crippen molar-refractivity contribution >= 4 is 10.9 Å². The van der Waals surface area contributed by atoms with Gasteiger partial charge in [-0.1, -0.05) is 6.07 Å². The Bertz CT molecular complexity index is 431. The molecule has 14 heavy (non-hydrogen) atoms. The van der Waals surface area contributed by atoms with Crippen LogP contribution >= 0.6 is 0 Å². The van der Waals surface area contributed by atoms with E-state index < -0.39 is 0 Å². The molecule has 1 aliphatic rings. The summed E-state index contributed by atoms with van der Waals surface area (Å²) in [6, 6.07) is 10.4. The fourth-order valence-electron chi connectivity index (χ4n) is 1.86. The lowest BCUT2D eigenvalue weighted by molar-refractivity contribution is -0.676. The molecule has 0 N–H and O–H groups in total. The average molecular weight is 208 g/mol. The van der Waals surface area contributed by atoms with Gasteiger partial charge in [-0.25, -0.2) is 0 Å². The molecule has 0 fully saturated rings. The highest BCUT2D eigenvalue weighted by atomic mass is 35.5. The second-order valence-electron chi connectivity index (χ2n) is 3.24. The average Bonchev–Trinajstić information content (AvgIpc) is 2.19. The van der Waals surface area contributed by atoms with E-state index >= 15 is 0 Å². The van der Waals surface area contributed by atoms with Crippen LogP contribution in [0.15, 0.2) is 36.5 Å². The molecule has 3 heteroatoms. The number of para-hydroxylation sites is 1. The number of rotatable bonds is 0. The highest BCUT2D eigenvalue weighted by Crippen LogP contribution is 2.23. The van der Waals surface area contributed by atoms with E-state index in [0.29, 0.717) is 0 Å². The van der Waals surface area contributed by atoms with Crippen LogP contribution in [0.2, 0.25) is 0 Å². The summed E-state index contributed by atoms with van der Waals surface area (Å²) in [5, 5.41) is 1.25. The normalized spacial score (nSPS) is 13.1. The number of hydrogen-bond acceptors (Lipinski definition) is 1. The Morgan fingerprint density at radius 2 is 2.00 bits per heavy atom. The van der Waals surface area contributed by atoms with Gasteiger partial charge in [0.05, 0.1) is 5.39 Å². The SMILES string of the molecule is [Cl-].c1cc2c3c(c1)ccc[n+]3CCO2. The topological polar surface area (TPSA) is 13.1 Å². The lowest BCUT2D eigenvalue weighted by atomic mass is 10.2. The number of aromatic nitrogens is 1. The molecule has 0 radical (unpaired) electrons. The highest BCUT2D eigenvalue weighted by Gasteiger charge is 2.18. The molecule has 2 heterocycles. The van der Waals surface area contributed by atoms with E-state index in [1.807, 2.05) is 12.1 Å². The van der Waals surface area contributed by atoms with Crippen LogP contribution in [0.1, 0.15) is 0 Å². The molecule has 0 aliphatic carbocycles. The van der Waals surface area contributed by atoms with Crippen molar-refractivity contribution in [3.63, 3.8) is 0 Å². The van der Waals surface area contributed by atoms with Crippen molar-refractivity contribution in [2.24, 2.45) is 0 Å². The minimum Gasteiger partial charge on any atom is -1.00 e. The fourth-order valence-corrected chi connectivity index (χ4v) is 1.86. The zero-order chi connectivity index (χ0) is 8.67. The van der Waals surface area contributed by atoms with Gasteiger partial charge in [0, 0.05) is 6.07 Å². The number of pyridine rings is 1. The zero-order valence-corrected chi connectivity index (χ0v) is 8.37. The number of nitrogens with zero attached hydrogens (tertiary/aromatic N) is 1. The first-order chi connectivity index (χ1) is 6.45. The van der Waals surface area contributed by atoms with Crippen LogP contribution in [-0.4, -0.2) is 6.61 Å². The van der Waals surface area contributed by atoms with Crippen LogP contribution in [-0.2, 0) is 6.54 Å². The van der Waals surface area contributed by atoms with Crippen LogP contribution in [0, 0.1) is 0 Å². The van der Waals surface area contributed by atoms with Crippen molar-refractivity contribution in [2.45, 2.75) is 6.54 Å². The Morgan fingerprint density at radius 3 is 2.93 bits per heavy atom. The summed E-state index contributed by atoms with van der Waals surface area (Å²) in [6.45, 7) is 1.73. The Kier molecular flexibility index (Phi) is 2.30. The van der Waals surface area contributed by atoms with E-state index in [9.17, 15) is 0 Å². The van der Waals surface area contributed by atoms with Crippen LogP contribution in [0.4, 0.5) is 0 Å². The summed E-state index contributed by atoms with van der Waals surface area (Å²) < 4.78 is 7.82. The third-order valence-electron chi connectivity index (χ3n) is 2.45. The molecule has 2 aromatic rings. The molecule has 0 bridgehead atoms. The summed E-state index contributed by atoms with van der Waals surface area (Å²) in [6.07, 6.45) is 2.11. The van der Waals surface area contributed by atoms with Gasteiger partial charge in [-0.3, -0.25) is 0 Å². The maximum absolute atomic E-state index is 5.57. The first-order valence-corrected chi connectivity index (χ1v) is 4.49. The predicted octanol–water partition coefficient (Wildman–Crippen LogP) is -1.48. The summed E-state index contributed by atoms with van der Waals surface area (Å²) in [4.78, 5) is 0. The Morgan fingerprint density at radius 1 is 1.14 bits per heavy atom. The molecule has 1 aromatic carbocycles. The van der Waals surface area contributed by atoms with E-state index in [2.05, 4.69) is 29.0 Å². The van der Waals surface area contributed by atoms with Crippen molar-refractivity contribution in [3.8, 4) is 5.75 Å². The van der Waals surface area contributed by atoms with Crippen molar-refractivity contribution < 1.29 is 21.7 Å². The van der Waals surface area contributed by atoms with Gasteiger partial charge in [0.25, 0.3) is 5.52 Å². The predicted molar refractivity (Wildman–Crippen MR) is 49.6 cm³/mol. The number of hydrogen-bond donors (Lipinski definition) is 0. The van der Waals surface area contributed by atoms with Crippen molar-refractivity contribution in [2.75, 3.05) is 6.61 Å². The molecule has 0 saturated heterocycles. The first kappa shape index (κ1) is 9.28. The maximum atomic E-state index is 5.57. The van der Waals surface area contributed by atoms with Gasteiger partial charge < -0.3 is 17.1 Å². The van der Waals surface area contributed by atoms with Gasteiger partial charge in [-0.05, 0) is 18.2 Å². The standard InChI is InChI=1S/C11H10NO.ClH/c1-3-9-4-2-6-12-7-8-13-10(5-1)11(9)12;/h1-6H,7-8H2;1H/q+1;/p-1. The van der Waals surface area contributed by atoms with Gasteiger partial charge in [0.15, 0.2) is 18.5 Å². The van der Waals surface area contributed by atoms with Crippen LogP contribution in [0.5, 0.6) is 5.75 Å². The number of halogens is 1. The van der Waals surface area contributed by atoms with E-state index in [4.69, 9.17) is 4.74 Å². The smallest absolute Gasteiger partial charge is 0.255 e. The Hall–Kier alpha value is -1.28. The van der Waals surface area contributed by atoms with E-state index in [1.165, 1.54) is 10.9 Å². The second kappa shape index (κ2) is 3.46. The van der Waals surface area contributed by atoms with Crippen LogP contribution in [0.25, 0.3) is 10.9 Å². The second-order valence-corrected chi connectivity index (χ2v) is 3.24. The molecule has 1 aromatic heterocycles. The summed E-state index contributed by atoms with van der Waals surface area (Å²) >= 11 is 0. The third kappa shape index (κ3) is 1.23. The van der Waals surface area contributed by atoms with Crippen LogP contribution < -0.4 is 21.7 Å². The molecule has 2 nitrogen and oxygen atoms in total. The molecule has 72 valence electrons. The van der Waals surface area contributed by atoms with Gasteiger partial charge in [0.2, 0.25) is 0 Å². The Balaban J connectivity index is 0.000000750. The molecule has 3 rings (SSSR count). The molecular formula is C11H10ClNO. The zero-order valence-electron chi connectivity index (χ0n) is 7.61. The molecule has 0 atom stereocenters. The number of benzene rings is 1. The summed E-state index contributed by atoms with van der Waals surface area (Å²) in [5.41, 5.74) is 1.22. The Labute approximate surface area is 88.5 Å². The van der Waals surface area contributed by atoms with Gasteiger partial charge in [-0.2, -0.15) is 4.57 Å². The molecule has 0 spiro atoms. The highest BCUT2D eigenvalue weighted by molar-refractivity contribution is 5.81. The molecule has 1 aliphatic heterocycles. The lowest BCUT2D eigenvalue weighted by Gasteiger charge is -2.12. The van der Waals surface area contributed by atoms with Gasteiger partial charge in [-0.15, -0.1) is 0 Å².